The number of nitrogens with zero attached hydrogens (tertiary/aromatic N) is 1. The van der Waals surface area contributed by atoms with Crippen LogP contribution in [0.1, 0.15) is 59.9 Å². The van der Waals surface area contributed by atoms with Crippen molar-refractivity contribution in [2.24, 2.45) is 0 Å². The molecule has 1 atom stereocenters. The normalized spacial score (nSPS) is 14.8. The van der Waals surface area contributed by atoms with Gasteiger partial charge >= 0.3 is 0 Å². The van der Waals surface area contributed by atoms with Crippen molar-refractivity contribution in [3.8, 4) is 11.5 Å². The number of Topliss-reactive ketones (excluding diaryl/α,β-unsaturated/α-hetero) is 1. The van der Waals surface area contributed by atoms with Crippen LogP contribution in [0.2, 0.25) is 0 Å². The summed E-state index contributed by atoms with van der Waals surface area (Å²) in [6.07, 6.45) is 2.07. The summed E-state index contributed by atoms with van der Waals surface area (Å²) in [6.45, 7) is 4.70. The number of fused-ring (bicyclic) bond motifs is 1. The average Bonchev–Trinajstić information content (AvgIpc) is 2.87. The lowest BCUT2D eigenvalue weighted by Gasteiger charge is -2.38. The molecule has 1 heterocycles. The summed E-state index contributed by atoms with van der Waals surface area (Å²) < 4.78 is 11.6. The van der Waals surface area contributed by atoms with Gasteiger partial charge in [0.1, 0.15) is 30.1 Å². The van der Waals surface area contributed by atoms with E-state index in [0.717, 1.165) is 41.0 Å². The van der Waals surface area contributed by atoms with E-state index >= 15 is 0 Å². The van der Waals surface area contributed by atoms with Gasteiger partial charge in [0.15, 0.2) is 0 Å². The second-order valence-corrected chi connectivity index (χ2v) is 8.83. The Bertz CT molecular complexity index is 1190. The van der Waals surface area contributed by atoms with E-state index in [1.165, 1.54) is 0 Å². The van der Waals surface area contributed by atoms with Crippen LogP contribution in [0.5, 0.6) is 11.5 Å². The van der Waals surface area contributed by atoms with Crippen LogP contribution in [-0.2, 0) is 17.8 Å². The number of rotatable bonds is 10. The monoisotopic (exact) mass is 472 g/mol. The Labute approximate surface area is 206 Å². The average molecular weight is 473 g/mol. The van der Waals surface area contributed by atoms with Crippen molar-refractivity contribution in [1.29, 1.82) is 0 Å². The fourth-order valence-corrected chi connectivity index (χ4v) is 4.35. The Hall–Kier alpha value is -3.80. The third kappa shape index (κ3) is 5.65. The van der Waals surface area contributed by atoms with E-state index in [2.05, 4.69) is 12.2 Å². The number of carbonyl (C=O) groups excluding carboxylic acids is 2. The predicted molar refractivity (Wildman–Crippen MR) is 137 cm³/mol. The number of ketones is 1. The number of amides is 1. The van der Waals surface area contributed by atoms with Crippen LogP contribution in [0.4, 0.5) is 5.69 Å². The predicted octanol–water partition coefficient (Wildman–Crippen LogP) is 5.77. The molecule has 6 heteroatoms. The summed E-state index contributed by atoms with van der Waals surface area (Å²) in [7, 11) is 1.64. The van der Waals surface area contributed by atoms with Crippen LogP contribution in [0, 0.1) is 0 Å². The van der Waals surface area contributed by atoms with Crippen molar-refractivity contribution >= 4 is 17.4 Å². The molecule has 0 fully saturated rings. The lowest BCUT2D eigenvalue weighted by molar-refractivity contribution is -0.116. The zero-order valence-corrected chi connectivity index (χ0v) is 20.5. The molecular weight excluding hydrogens is 440 g/mol. The summed E-state index contributed by atoms with van der Waals surface area (Å²) in [6, 6.07) is 21.2. The van der Waals surface area contributed by atoms with Gasteiger partial charge < -0.3 is 19.7 Å². The first kappa shape index (κ1) is 24.3. The fourth-order valence-electron chi connectivity index (χ4n) is 4.35. The van der Waals surface area contributed by atoms with Gasteiger partial charge in [0.05, 0.1) is 12.7 Å². The minimum Gasteiger partial charge on any atom is -0.496 e. The molecule has 182 valence electrons. The van der Waals surface area contributed by atoms with Crippen LogP contribution in [0.25, 0.3) is 0 Å². The van der Waals surface area contributed by atoms with Crippen molar-refractivity contribution in [2.45, 2.75) is 45.9 Å². The SMILES string of the molecule is CCCCN1C(=O)c2ccccc2NC1c1ccc(OC)c(COc2ccc(CC(C)=O)cc2)c1. The zero-order chi connectivity index (χ0) is 24.8. The van der Waals surface area contributed by atoms with Crippen molar-refractivity contribution in [3.63, 3.8) is 0 Å². The van der Waals surface area contributed by atoms with Gasteiger partial charge in [-0.2, -0.15) is 0 Å². The number of hydrogen-bond donors (Lipinski definition) is 1. The summed E-state index contributed by atoms with van der Waals surface area (Å²) in [5.41, 5.74) is 4.37. The molecule has 3 aromatic carbocycles. The Morgan fingerprint density at radius 2 is 1.83 bits per heavy atom. The molecule has 1 N–H and O–H groups in total. The van der Waals surface area contributed by atoms with Crippen molar-refractivity contribution in [2.75, 3.05) is 19.0 Å². The van der Waals surface area contributed by atoms with E-state index in [1.807, 2.05) is 71.6 Å². The molecule has 0 saturated carbocycles. The number of nitrogens with one attached hydrogen (secondary N) is 1. The van der Waals surface area contributed by atoms with Gasteiger partial charge in [0.2, 0.25) is 0 Å². The minimum absolute atomic E-state index is 0.0390. The third-order valence-electron chi connectivity index (χ3n) is 6.17. The van der Waals surface area contributed by atoms with Gasteiger partial charge in [0, 0.05) is 24.2 Å². The van der Waals surface area contributed by atoms with E-state index in [9.17, 15) is 9.59 Å². The van der Waals surface area contributed by atoms with Gasteiger partial charge in [-0.3, -0.25) is 9.59 Å². The largest absolute Gasteiger partial charge is 0.496 e. The lowest BCUT2D eigenvalue weighted by Crippen LogP contribution is -2.43. The topological polar surface area (TPSA) is 67.9 Å². The van der Waals surface area contributed by atoms with E-state index in [-0.39, 0.29) is 17.9 Å². The van der Waals surface area contributed by atoms with Crippen LogP contribution < -0.4 is 14.8 Å². The molecule has 1 aliphatic rings. The second-order valence-electron chi connectivity index (χ2n) is 8.83. The molecule has 0 bridgehead atoms. The smallest absolute Gasteiger partial charge is 0.257 e. The van der Waals surface area contributed by atoms with Crippen LogP contribution >= 0.6 is 0 Å². The first-order chi connectivity index (χ1) is 17.0. The van der Waals surface area contributed by atoms with E-state index in [0.29, 0.717) is 30.9 Å². The third-order valence-corrected chi connectivity index (χ3v) is 6.17. The second kappa shape index (κ2) is 11.1. The van der Waals surface area contributed by atoms with Gasteiger partial charge in [-0.1, -0.05) is 43.7 Å². The molecule has 1 aliphatic heterocycles. The standard InChI is InChI=1S/C29H32N2O4/c1-4-5-16-31-28(30-26-9-7-6-8-25(26)29(31)33)22-12-15-27(34-3)23(18-22)19-35-24-13-10-21(11-14-24)17-20(2)32/h6-15,18,28,30H,4-5,16-17,19H2,1-3H3. The lowest BCUT2D eigenvalue weighted by atomic mass is 10.0. The number of unbranched alkanes of at least 4 members (excludes halogenated alkanes) is 1. The van der Waals surface area contributed by atoms with Crippen LogP contribution in [-0.4, -0.2) is 30.2 Å². The first-order valence-corrected chi connectivity index (χ1v) is 12.0. The Kier molecular flexibility index (Phi) is 7.70. The number of benzene rings is 3. The molecule has 3 aromatic rings. The molecule has 1 unspecified atom stereocenters. The van der Waals surface area contributed by atoms with E-state index in [1.54, 1.807) is 14.0 Å². The highest BCUT2D eigenvalue weighted by molar-refractivity contribution is 6.01. The Balaban J connectivity index is 1.58. The number of anilines is 1. The maximum atomic E-state index is 13.3. The number of hydrogen-bond acceptors (Lipinski definition) is 5. The molecule has 35 heavy (non-hydrogen) atoms. The number of methoxy groups -OCH3 is 1. The Morgan fingerprint density at radius 1 is 1.06 bits per heavy atom. The van der Waals surface area contributed by atoms with Gasteiger partial charge in [0.25, 0.3) is 5.91 Å². The fraction of sp³-hybridized carbons (Fsp3) is 0.310. The summed E-state index contributed by atoms with van der Waals surface area (Å²) >= 11 is 0. The van der Waals surface area contributed by atoms with Crippen molar-refractivity contribution < 1.29 is 19.1 Å². The maximum Gasteiger partial charge on any atom is 0.257 e. The molecule has 0 aromatic heterocycles. The summed E-state index contributed by atoms with van der Waals surface area (Å²) in [5.74, 6) is 1.61. The highest BCUT2D eigenvalue weighted by Gasteiger charge is 2.32. The molecule has 0 saturated heterocycles. The maximum absolute atomic E-state index is 13.3. The van der Waals surface area contributed by atoms with Crippen LogP contribution in [0.15, 0.2) is 66.7 Å². The van der Waals surface area contributed by atoms with Gasteiger partial charge in [-0.25, -0.2) is 0 Å². The minimum atomic E-state index is -0.278. The quantitative estimate of drug-likeness (QED) is 0.406. The first-order valence-electron chi connectivity index (χ1n) is 12.0. The van der Waals surface area contributed by atoms with E-state index < -0.39 is 0 Å². The number of ether oxygens (including phenoxy) is 2. The number of carbonyl (C=O) groups is 2. The Morgan fingerprint density at radius 3 is 2.54 bits per heavy atom. The molecule has 6 nitrogen and oxygen atoms in total. The molecule has 4 rings (SSSR count). The van der Waals surface area contributed by atoms with Crippen molar-refractivity contribution in [1.82, 2.24) is 4.90 Å². The highest BCUT2D eigenvalue weighted by Crippen LogP contribution is 2.35. The molecule has 0 radical (unpaired) electrons. The van der Waals surface area contributed by atoms with Crippen LogP contribution in [0.3, 0.4) is 0 Å². The van der Waals surface area contributed by atoms with E-state index in [4.69, 9.17) is 9.47 Å². The summed E-state index contributed by atoms with van der Waals surface area (Å²) in [5, 5.41) is 3.56. The van der Waals surface area contributed by atoms with Gasteiger partial charge in [-0.05, 0) is 60.9 Å². The van der Waals surface area contributed by atoms with Gasteiger partial charge in [-0.15, -0.1) is 0 Å². The zero-order valence-electron chi connectivity index (χ0n) is 20.5. The number of para-hydroxylation sites is 1. The molecule has 0 aliphatic carbocycles. The summed E-state index contributed by atoms with van der Waals surface area (Å²) in [4.78, 5) is 26.6. The molecule has 0 spiro atoms. The molecule has 1 amide bonds. The highest BCUT2D eigenvalue weighted by atomic mass is 16.5. The molecular formula is C29H32N2O4. The van der Waals surface area contributed by atoms with Crippen molar-refractivity contribution in [3.05, 3.63) is 89.0 Å².